The highest BCUT2D eigenvalue weighted by Gasteiger charge is 1.86. The second-order valence-corrected chi connectivity index (χ2v) is 2.20. The second kappa shape index (κ2) is 9.58. The maximum absolute atomic E-state index is 4.18. The first kappa shape index (κ1) is 19.6. The minimum atomic E-state index is 0. The summed E-state index contributed by atoms with van der Waals surface area (Å²) in [6, 6.07) is 12.1. The van der Waals surface area contributed by atoms with Crippen LogP contribution in [0.2, 0.25) is 0 Å². The smallest absolute Gasteiger partial charge is 0.0701 e. The SMILES string of the molecule is S.S.S.S.c1ccc2ncccc2c1. The van der Waals surface area contributed by atoms with Crippen molar-refractivity contribution >= 4 is 64.9 Å². The maximum atomic E-state index is 4.18. The third kappa shape index (κ3) is 4.50. The molecule has 0 spiro atoms. The van der Waals surface area contributed by atoms with Crippen molar-refractivity contribution in [1.82, 2.24) is 4.98 Å². The maximum Gasteiger partial charge on any atom is 0.0701 e. The number of rotatable bonds is 0. The summed E-state index contributed by atoms with van der Waals surface area (Å²) < 4.78 is 0. The predicted octanol–water partition coefficient (Wildman–Crippen LogP) is 2.69. The zero-order valence-electron chi connectivity index (χ0n) is 7.49. The molecule has 0 N–H and O–H groups in total. The van der Waals surface area contributed by atoms with Gasteiger partial charge in [-0.05, 0) is 12.1 Å². The van der Waals surface area contributed by atoms with E-state index in [9.17, 15) is 0 Å². The molecule has 0 aliphatic carbocycles. The highest BCUT2D eigenvalue weighted by atomic mass is 32.1. The first-order valence-corrected chi connectivity index (χ1v) is 3.26. The lowest BCUT2D eigenvalue weighted by molar-refractivity contribution is 1.41. The molecule has 0 bridgehead atoms. The zero-order valence-corrected chi connectivity index (χ0v) is 11.5. The van der Waals surface area contributed by atoms with E-state index in [0.29, 0.717) is 0 Å². The van der Waals surface area contributed by atoms with Gasteiger partial charge in [0.25, 0.3) is 0 Å². The van der Waals surface area contributed by atoms with Crippen LogP contribution in [0.25, 0.3) is 10.9 Å². The number of pyridine rings is 1. The van der Waals surface area contributed by atoms with E-state index < -0.39 is 0 Å². The van der Waals surface area contributed by atoms with Crippen molar-refractivity contribution in [2.75, 3.05) is 0 Å². The van der Waals surface area contributed by atoms with Gasteiger partial charge >= 0.3 is 0 Å². The van der Waals surface area contributed by atoms with Crippen LogP contribution in [-0.4, -0.2) is 4.98 Å². The van der Waals surface area contributed by atoms with Gasteiger partial charge in [-0.25, -0.2) is 0 Å². The van der Waals surface area contributed by atoms with Crippen molar-refractivity contribution in [3.63, 3.8) is 0 Å². The fourth-order valence-electron chi connectivity index (χ4n) is 1.02. The highest BCUT2D eigenvalue weighted by molar-refractivity contribution is 7.59. The Morgan fingerprint density at radius 2 is 1.29 bits per heavy atom. The van der Waals surface area contributed by atoms with Crippen LogP contribution in [0.5, 0.6) is 0 Å². The molecule has 0 radical (unpaired) electrons. The molecule has 5 heteroatoms. The van der Waals surface area contributed by atoms with E-state index in [1.807, 2.05) is 30.5 Å². The van der Waals surface area contributed by atoms with Gasteiger partial charge in [-0.1, -0.05) is 24.3 Å². The topological polar surface area (TPSA) is 12.9 Å². The Kier molecular flexibility index (Phi) is 13.4. The van der Waals surface area contributed by atoms with Gasteiger partial charge in [0, 0.05) is 11.6 Å². The summed E-state index contributed by atoms with van der Waals surface area (Å²) in [5.74, 6) is 0. The number of hydrogen-bond donors (Lipinski definition) is 0. The highest BCUT2D eigenvalue weighted by Crippen LogP contribution is 2.07. The van der Waals surface area contributed by atoms with Crippen molar-refractivity contribution in [2.24, 2.45) is 0 Å². The minimum Gasteiger partial charge on any atom is -0.256 e. The van der Waals surface area contributed by atoms with E-state index in [2.05, 4.69) is 17.1 Å². The van der Waals surface area contributed by atoms with Crippen LogP contribution < -0.4 is 0 Å². The monoisotopic (exact) mass is 265 g/mol. The molecule has 1 nitrogen and oxygen atoms in total. The summed E-state index contributed by atoms with van der Waals surface area (Å²) in [6.45, 7) is 0. The van der Waals surface area contributed by atoms with Gasteiger partial charge in [0.05, 0.1) is 5.52 Å². The summed E-state index contributed by atoms with van der Waals surface area (Å²) in [5, 5.41) is 1.20. The largest absolute Gasteiger partial charge is 0.256 e. The van der Waals surface area contributed by atoms with Gasteiger partial charge in [0.1, 0.15) is 0 Å². The van der Waals surface area contributed by atoms with Crippen LogP contribution in [0, 0.1) is 0 Å². The van der Waals surface area contributed by atoms with E-state index in [1.54, 1.807) is 0 Å². The quantitative estimate of drug-likeness (QED) is 0.714. The van der Waals surface area contributed by atoms with Crippen molar-refractivity contribution < 1.29 is 0 Å². The van der Waals surface area contributed by atoms with Crippen LogP contribution >= 0.6 is 54.0 Å². The van der Waals surface area contributed by atoms with Crippen LogP contribution in [0.15, 0.2) is 42.6 Å². The van der Waals surface area contributed by atoms with E-state index >= 15 is 0 Å². The van der Waals surface area contributed by atoms with E-state index in [0.717, 1.165) is 5.52 Å². The number of fused-ring (bicyclic) bond motifs is 1. The molecule has 0 unspecified atom stereocenters. The molecule has 2 rings (SSSR count). The third-order valence-electron chi connectivity index (χ3n) is 1.51. The molecule has 2 aromatic rings. The Morgan fingerprint density at radius 3 is 1.93 bits per heavy atom. The van der Waals surface area contributed by atoms with Crippen molar-refractivity contribution in [2.45, 2.75) is 0 Å². The molecule has 0 aliphatic rings. The second-order valence-electron chi connectivity index (χ2n) is 2.20. The fraction of sp³-hybridized carbons (Fsp3) is 0. The molecule has 0 saturated carbocycles. The molecule has 0 atom stereocenters. The van der Waals surface area contributed by atoms with E-state index in [4.69, 9.17) is 0 Å². The zero-order chi connectivity index (χ0) is 6.81. The number of nitrogens with zero attached hydrogens (tertiary/aromatic N) is 1. The molecule has 1 aromatic carbocycles. The third-order valence-corrected chi connectivity index (χ3v) is 1.51. The molecule has 0 amide bonds. The van der Waals surface area contributed by atoms with Crippen LogP contribution in [0.3, 0.4) is 0 Å². The number of hydrogen-bond acceptors (Lipinski definition) is 1. The molecule has 0 saturated heterocycles. The lowest BCUT2D eigenvalue weighted by Gasteiger charge is -1.91. The van der Waals surface area contributed by atoms with Crippen molar-refractivity contribution in [3.8, 4) is 0 Å². The van der Waals surface area contributed by atoms with E-state index in [-0.39, 0.29) is 54.0 Å². The van der Waals surface area contributed by atoms with Crippen molar-refractivity contribution in [1.29, 1.82) is 0 Å². The van der Waals surface area contributed by atoms with Gasteiger partial charge in [-0.2, -0.15) is 54.0 Å². The average Bonchev–Trinajstić information content (AvgIpc) is 2.05. The summed E-state index contributed by atoms with van der Waals surface area (Å²) in [4.78, 5) is 4.18. The summed E-state index contributed by atoms with van der Waals surface area (Å²) >= 11 is 0. The molecule has 80 valence electrons. The molecule has 1 aromatic heterocycles. The summed E-state index contributed by atoms with van der Waals surface area (Å²) in [7, 11) is 0. The van der Waals surface area contributed by atoms with E-state index in [1.165, 1.54) is 5.39 Å². The molecular weight excluding hydrogens is 250 g/mol. The Hall–Kier alpha value is 0.0300. The standard InChI is InChI=1S/C9H7N.4H2S/c1-2-6-9-8(4-1)5-3-7-10-9;;;;/h1-7H;4*1H2. The normalized spacial score (nSPS) is 7.14. The Labute approximate surface area is 112 Å². The summed E-state index contributed by atoms with van der Waals surface area (Å²) in [6.07, 6.45) is 1.81. The molecule has 0 fully saturated rings. The lowest BCUT2D eigenvalue weighted by atomic mass is 10.2. The van der Waals surface area contributed by atoms with Gasteiger partial charge in [0.15, 0.2) is 0 Å². The number of benzene rings is 1. The van der Waals surface area contributed by atoms with Gasteiger partial charge < -0.3 is 0 Å². The minimum absolute atomic E-state index is 0. The molecular formula is C9H15NS4. The lowest BCUT2D eigenvalue weighted by Crippen LogP contribution is -1.73. The van der Waals surface area contributed by atoms with Crippen LogP contribution in [-0.2, 0) is 0 Å². The number of para-hydroxylation sites is 1. The Balaban J connectivity index is -0.000000302. The first-order valence-electron chi connectivity index (χ1n) is 3.26. The molecule has 14 heavy (non-hydrogen) atoms. The molecule has 0 aliphatic heterocycles. The average molecular weight is 265 g/mol. The van der Waals surface area contributed by atoms with Crippen LogP contribution in [0.1, 0.15) is 0 Å². The Bertz CT molecular complexity index is 288. The molecule has 1 heterocycles. The van der Waals surface area contributed by atoms with Gasteiger partial charge in [-0.15, -0.1) is 0 Å². The Morgan fingerprint density at radius 1 is 0.714 bits per heavy atom. The predicted molar refractivity (Wildman–Crippen MR) is 83.3 cm³/mol. The van der Waals surface area contributed by atoms with Gasteiger partial charge in [0.2, 0.25) is 0 Å². The summed E-state index contributed by atoms with van der Waals surface area (Å²) in [5.41, 5.74) is 1.06. The van der Waals surface area contributed by atoms with Crippen molar-refractivity contribution in [3.05, 3.63) is 42.6 Å². The van der Waals surface area contributed by atoms with Crippen LogP contribution in [0.4, 0.5) is 0 Å². The fourth-order valence-corrected chi connectivity index (χ4v) is 1.02. The van der Waals surface area contributed by atoms with Gasteiger partial charge in [-0.3, -0.25) is 4.98 Å². The first-order chi connectivity index (χ1) is 4.97. The number of aromatic nitrogens is 1.